The van der Waals surface area contributed by atoms with Gasteiger partial charge in [-0.05, 0) is 32.2 Å². The van der Waals surface area contributed by atoms with Crippen LogP contribution in [0.3, 0.4) is 0 Å². The van der Waals surface area contributed by atoms with Crippen LogP contribution in [0.4, 0.5) is 0 Å². The third-order valence-corrected chi connectivity index (χ3v) is 3.51. The molecule has 2 rings (SSSR count). The molecule has 1 fully saturated rings. The Labute approximate surface area is 107 Å². The molecule has 1 amide bonds. The molecule has 0 saturated carbocycles. The SMILES string of the molecule is CCn1cnnc1CNC(=O)C1NCCCC1C. The van der Waals surface area contributed by atoms with Gasteiger partial charge in [-0.3, -0.25) is 4.79 Å². The topological polar surface area (TPSA) is 71.8 Å². The first-order valence-electron chi connectivity index (χ1n) is 6.60. The van der Waals surface area contributed by atoms with Gasteiger partial charge in [-0.25, -0.2) is 0 Å². The number of aromatic nitrogens is 3. The first kappa shape index (κ1) is 13.0. The predicted molar refractivity (Wildman–Crippen MR) is 67.7 cm³/mol. The fraction of sp³-hybridized carbons (Fsp3) is 0.750. The first-order chi connectivity index (χ1) is 8.72. The lowest BCUT2D eigenvalue weighted by Gasteiger charge is -2.28. The van der Waals surface area contributed by atoms with Crippen molar-refractivity contribution in [2.75, 3.05) is 6.54 Å². The molecule has 2 atom stereocenters. The maximum Gasteiger partial charge on any atom is 0.237 e. The highest BCUT2D eigenvalue weighted by atomic mass is 16.2. The van der Waals surface area contributed by atoms with Crippen LogP contribution in [0.1, 0.15) is 32.5 Å². The van der Waals surface area contributed by atoms with Gasteiger partial charge >= 0.3 is 0 Å². The molecule has 1 aliphatic rings. The molecule has 1 saturated heterocycles. The average molecular weight is 251 g/mol. The molecule has 0 radical (unpaired) electrons. The number of carbonyl (C=O) groups is 1. The van der Waals surface area contributed by atoms with E-state index in [-0.39, 0.29) is 11.9 Å². The average Bonchev–Trinajstić information content (AvgIpc) is 2.84. The molecule has 2 N–H and O–H groups in total. The van der Waals surface area contributed by atoms with Crippen LogP contribution in [0.25, 0.3) is 0 Å². The quantitative estimate of drug-likeness (QED) is 0.807. The first-order valence-corrected chi connectivity index (χ1v) is 6.60. The lowest BCUT2D eigenvalue weighted by molar-refractivity contribution is -0.125. The molecule has 6 heteroatoms. The summed E-state index contributed by atoms with van der Waals surface area (Å²) in [6.07, 6.45) is 3.94. The second kappa shape index (κ2) is 5.95. The molecule has 0 bridgehead atoms. The van der Waals surface area contributed by atoms with Crippen LogP contribution in [0, 0.1) is 5.92 Å². The summed E-state index contributed by atoms with van der Waals surface area (Å²) in [6.45, 7) is 6.33. The van der Waals surface area contributed by atoms with E-state index in [0.717, 1.165) is 31.8 Å². The smallest absolute Gasteiger partial charge is 0.237 e. The molecule has 0 aliphatic carbocycles. The monoisotopic (exact) mass is 251 g/mol. The molecule has 100 valence electrons. The van der Waals surface area contributed by atoms with Crippen LogP contribution in [0.15, 0.2) is 6.33 Å². The molecule has 2 unspecified atom stereocenters. The van der Waals surface area contributed by atoms with Gasteiger partial charge in [0.05, 0.1) is 12.6 Å². The summed E-state index contributed by atoms with van der Waals surface area (Å²) in [5, 5.41) is 14.1. The van der Waals surface area contributed by atoms with Crippen LogP contribution in [-0.2, 0) is 17.9 Å². The Morgan fingerprint density at radius 3 is 3.22 bits per heavy atom. The highest BCUT2D eigenvalue weighted by Gasteiger charge is 2.27. The number of hydrogen-bond donors (Lipinski definition) is 2. The lowest BCUT2D eigenvalue weighted by Crippen LogP contribution is -2.50. The van der Waals surface area contributed by atoms with E-state index in [1.807, 2.05) is 11.5 Å². The number of amides is 1. The predicted octanol–water partition coefficient (Wildman–Crippen LogP) is 0.302. The maximum atomic E-state index is 12.1. The summed E-state index contributed by atoms with van der Waals surface area (Å²) >= 11 is 0. The van der Waals surface area contributed by atoms with E-state index in [4.69, 9.17) is 0 Å². The van der Waals surface area contributed by atoms with E-state index in [0.29, 0.717) is 12.5 Å². The van der Waals surface area contributed by atoms with Crippen LogP contribution < -0.4 is 10.6 Å². The number of rotatable bonds is 4. The Bertz CT molecular complexity index is 403. The number of aryl methyl sites for hydroxylation is 1. The standard InChI is InChI=1S/C12H21N5O/c1-3-17-8-15-16-10(17)7-14-12(18)11-9(2)5-4-6-13-11/h8-9,11,13H,3-7H2,1-2H3,(H,14,18). The Morgan fingerprint density at radius 2 is 2.50 bits per heavy atom. The van der Waals surface area contributed by atoms with Gasteiger partial charge < -0.3 is 15.2 Å². The second-order valence-corrected chi connectivity index (χ2v) is 4.80. The fourth-order valence-corrected chi connectivity index (χ4v) is 2.36. The summed E-state index contributed by atoms with van der Waals surface area (Å²) in [6, 6.07) is -0.0725. The third-order valence-electron chi connectivity index (χ3n) is 3.51. The minimum atomic E-state index is -0.0725. The zero-order chi connectivity index (χ0) is 13.0. The molecule has 1 aromatic rings. The number of carbonyl (C=O) groups excluding carboxylic acids is 1. The van der Waals surface area contributed by atoms with Crippen molar-refractivity contribution in [1.82, 2.24) is 25.4 Å². The van der Waals surface area contributed by atoms with E-state index in [1.54, 1.807) is 6.33 Å². The van der Waals surface area contributed by atoms with Crippen molar-refractivity contribution in [3.63, 3.8) is 0 Å². The molecule has 0 spiro atoms. The summed E-state index contributed by atoms with van der Waals surface area (Å²) < 4.78 is 1.93. The van der Waals surface area contributed by atoms with Crippen LogP contribution >= 0.6 is 0 Å². The number of piperidine rings is 1. The van der Waals surface area contributed by atoms with Gasteiger partial charge in [0.15, 0.2) is 5.82 Å². The van der Waals surface area contributed by atoms with E-state index >= 15 is 0 Å². The highest BCUT2D eigenvalue weighted by molar-refractivity contribution is 5.82. The van der Waals surface area contributed by atoms with Gasteiger partial charge in [0, 0.05) is 6.54 Å². The molecule has 18 heavy (non-hydrogen) atoms. The maximum absolute atomic E-state index is 12.1. The van der Waals surface area contributed by atoms with Crippen molar-refractivity contribution in [3.8, 4) is 0 Å². The van der Waals surface area contributed by atoms with Gasteiger partial charge in [-0.2, -0.15) is 0 Å². The number of nitrogens with one attached hydrogen (secondary N) is 2. The van der Waals surface area contributed by atoms with Crippen molar-refractivity contribution < 1.29 is 4.79 Å². The second-order valence-electron chi connectivity index (χ2n) is 4.80. The molecule has 2 heterocycles. The normalized spacial score (nSPS) is 23.9. The van der Waals surface area contributed by atoms with Gasteiger partial charge in [-0.15, -0.1) is 10.2 Å². The van der Waals surface area contributed by atoms with E-state index < -0.39 is 0 Å². The van der Waals surface area contributed by atoms with Gasteiger partial charge in [-0.1, -0.05) is 6.92 Å². The summed E-state index contributed by atoms with van der Waals surface area (Å²) in [7, 11) is 0. The zero-order valence-electron chi connectivity index (χ0n) is 11.0. The summed E-state index contributed by atoms with van der Waals surface area (Å²) in [4.78, 5) is 12.1. The molecule has 0 aromatic carbocycles. The minimum absolute atomic E-state index is 0.0628. The van der Waals surface area contributed by atoms with E-state index in [9.17, 15) is 4.79 Å². The van der Waals surface area contributed by atoms with Crippen LogP contribution in [-0.4, -0.2) is 33.3 Å². The van der Waals surface area contributed by atoms with Crippen molar-refractivity contribution in [3.05, 3.63) is 12.2 Å². The van der Waals surface area contributed by atoms with Crippen molar-refractivity contribution in [2.45, 2.75) is 45.8 Å². The van der Waals surface area contributed by atoms with Crippen LogP contribution in [0.5, 0.6) is 0 Å². The van der Waals surface area contributed by atoms with Crippen molar-refractivity contribution in [2.24, 2.45) is 5.92 Å². The zero-order valence-corrected chi connectivity index (χ0v) is 11.0. The van der Waals surface area contributed by atoms with E-state index in [2.05, 4.69) is 27.8 Å². The lowest BCUT2D eigenvalue weighted by atomic mass is 9.92. The Hall–Kier alpha value is -1.43. The molecule has 1 aromatic heterocycles. The highest BCUT2D eigenvalue weighted by Crippen LogP contribution is 2.15. The fourth-order valence-electron chi connectivity index (χ4n) is 2.36. The van der Waals surface area contributed by atoms with Gasteiger partial charge in [0.2, 0.25) is 5.91 Å². The van der Waals surface area contributed by atoms with Crippen molar-refractivity contribution in [1.29, 1.82) is 0 Å². The van der Waals surface area contributed by atoms with Gasteiger partial charge in [0.25, 0.3) is 0 Å². The molecular formula is C12H21N5O. The largest absolute Gasteiger partial charge is 0.347 e. The molecule has 6 nitrogen and oxygen atoms in total. The molecular weight excluding hydrogens is 230 g/mol. The number of hydrogen-bond acceptors (Lipinski definition) is 4. The number of nitrogens with zero attached hydrogens (tertiary/aromatic N) is 3. The van der Waals surface area contributed by atoms with Crippen LogP contribution in [0.2, 0.25) is 0 Å². The summed E-state index contributed by atoms with van der Waals surface area (Å²) in [5.41, 5.74) is 0. The summed E-state index contributed by atoms with van der Waals surface area (Å²) in [5.74, 6) is 1.25. The molecule has 1 aliphatic heterocycles. The third kappa shape index (κ3) is 2.87. The van der Waals surface area contributed by atoms with Crippen molar-refractivity contribution >= 4 is 5.91 Å². The Morgan fingerprint density at radius 1 is 1.67 bits per heavy atom. The Balaban J connectivity index is 1.88. The minimum Gasteiger partial charge on any atom is -0.347 e. The van der Waals surface area contributed by atoms with E-state index in [1.165, 1.54) is 0 Å². The van der Waals surface area contributed by atoms with Gasteiger partial charge in [0.1, 0.15) is 6.33 Å². The Kier molecular flexibility index (Phi) is 4.30.